The van der Waals surface area contributed by atoms with Gasteiger partial charge in [-0.2, -0.15) is 0 Å². The summed E-state index contributed by atoms with van der Waals surface area (Å²) in [5.74, 6) is 0. The molecule has 0 bridgehead atoms. The van der Waals surface area contributed by atoms with Gasteiger partial charge in [-0.25, -0.2) is 0 Å². The van der Waals surface area contributed by atoms with Crippen LogP contribution in [0.4, 0.5) is 0 Å². The van der Waals surface area contributed by atoms with E-state index in [1.807, 2.05) is 0 Å². The highest BCUT2D eigenvalue weighted by molar-refractivity contribution is 5.20. The van der Waals surface area contributed by atoms with E-state index in [9.17, 15) is 0 Å². The van der Waals surface area contributed by atoms with Gasteiger partial charge in [0.2, 0.25) is 0 Å². The van der Waals surface area contributed by atoms with Gasteiger partial charge in [0.15, 0.2) is 0 Å². The minimum atomic E-state index is 0.467. The van der Waals surface area contributed by atoms with Gasteiger partial charge in [0.1, 0.15) is 0 Å². The Morgan fingerprint density at radius 1 is 1.30 bits per heavy atom. The van der Waals surface area contributed by atoms with Crippen LogP contribution in [-0.2, 0) is 0 Å². The van der Waals surface area contributed by atoms with Crippen LogP contribution in [0.2, 0.25) is 0 Å². The molecule has 1 aliphatic heterocycles. The smallest absolute Gasteiger partial charge is 0.0450 e. The zero-order valence-electron chi connectivity index (χ0n) is 13.1. The Balaban J connectivity index is 2.05. The van der Waals surface area contributed by atoms with Crippen LogP contribution >= 0.6 is 0 Å². The quantitative estimate of drug-likeness (QED) is 0.821. The van der Waals surface area contributed by atoms with Gasteiger partial charge in [-0.1, -0.05) is 55.3 Å². The van der Waals surface area contributed by atoms with E-state index in [0.29, 0.717) is 12.1 Å². The monoisotopic (exact) mass is 272 g/mol. The molecule has 0 amide bonds. The lowest BCUT2D eigenvalue weighted by molar-refractivity contribution is 0.137. The van der Waals surface area contributed by atoms with Crippen molar-refractivity contribution in [1.82, 2.24) is 10.2 Å². The molecule has 2 rings (SSSR count). The summed E-state index contributed by atoms with van der Waals surface area (Å²) < 4.78 is 0. The fraction of sp³-hybridized carbons (Fsp3) is 0.556. The van der Waals surface area contributed by atoms with Crippen molar-refractivity contribution in [2.45, 2.75) is 45.7 Å². The summed E-state index contributed by atoms with van der Waals surface area (Å²) in [5.41, 5.74) is 2.82. The summed E-state index contributed by atoms with van der Waals surface area (Å²) in [4.78, 5) is 2.64. The first-order valence-electron chi connectivity index (χ1n) is 7.86. The number of piperazine rings is 1. The van der Waals surface area contributed by atoms with Gasteiger partial charge in [-0.15, -0.1) is 0 Å². The molecule has 0 aliphatic carbocycles. The van der Waals surface area contributed by atoms with E-state index in [1.165, 1.54) is 24.0 Å². The first-order chi connectivity index (χ1) is 9.70. The lowest BCUT2D eigenvalue weighted by Crippen LogP contribution is -2.52. The number of nitrogens with one attached hydrogen (secondary N) is 1. The summed E-state index contributed by atoms with van der Waals surface area (Å²) >= 11 is 0. The van der Waals surface area contributed by atoms with E-state index >= 15 is 0 Å². The number of allylic oxidation sites excluding steroid dienone is 1. The van der Waals surface area contributed by atoms with E-state index in [4.69, 9.17) is 0 Å². The van der Waals surface area contributed by atoms with Crippen molar-refractivity contribution in [1.29, 1.82) is 0 Å². The Hall–Kier alpha value is -1.12. The molecule has 2 atom stereocenters. The number of hydrogen-bond acceptors (Lipinski definition) is 2. The number of nitrogens with zero attached hydrogens (tertiary/aromatic N) is 1. The summed E-state index contributed by atoms with van der Waals surface area (Å²) in [5, 5.41) is 3.73. The maximum absolute atomic E-state index is 3.73. The Bertz CT molecular complexity index is 420. The molecule has 2 unspecified atom stereocenters. The SMILES string of the molecule is CCCC1CNC(c2ccccc2)CN1CC=C(C)C. The first kappa shape index (κ1) is 15.3. The van der Waals surface area contributed by atoms with Crippen LogP contribution in [0.25, 0.3) is 0 Å². The van der Waals surface area contributed by atoms with Crippen LogP contribution in [-0.4, -0.2) is 30.6 Å². The molecule has 2 heteroatoms. The van der Waals surface area contributed by atoms with Crippen molar-refractivity contribution in [3.8, 4) is 0 Å². The van der Waals surface area contributed by atoms with Crippen molar-refractivity contribution in [2.75, 3.05) is 19.6 Å². The molecule has 1 N–H and O–H groups in total. The van der Waals surface area contributed by atoms with Gasteiger partial charge in [-0.3, -0.25) is 4.90 Å². The first-order valence-corrected chi connectivity index (χ1v) is 7.86. The lowest BCUT2D eigenvalue weighted by Gasteiger charge is -2.40. The number of rotatable bonds is 5. The zero-order chi connectivity index (χ0) is 14.4. The highest BCUT2D eigenvalue weighted by Crippen LogP contribution is 2.21. The lowest BCUT2D eigenvalue weighted by atomic mass is 9.99. The minimum absolute atomic E-state index is 0.467. The van der Waals surface area contributed by atoms with E-state index in [0.717, 1.165) is 19.6 Å². The maximum atomic E-state index is 3.73. The second-order valence-corrected chi connectivity index (χ2v) is 6.05. The van der Waals surface area contributed by atoms with Crippen molar-refractivity contribution in [3.05, 3.63) is 47.5 Å². The number of benzene rings is 1. The van der Waals surface area contributed by atoms with Gasteiger partial charge in [0.05, 0.1) is 0 Å². The fourth-order valence-electron chi connectivity index (χ4n) is 2.91. The zero-order valence-corrected chi connectivity index (χ0v) is 13.1. The maximum Gasteiger partial charge on any atom is 0.0450 e. The van der Waals surface area contributed by atoms with Crippen LogP contribution in [0.15, 0.2) is 42.0 Å². The molecule has 1 saturated heterocycles. The molecule has 20 heavy (non-hydrogen) atoms. The summed E-state index contributed by atoms with van der Waals surface area (Å²) in [6.45, 7) is 9.94. The molecule has 0 aromatic heterocycles. The molecule has 1 aliphatic rings. The third-order valence-corrected chi connectivity index (χ3v) is 4.09. The molecule has 1 fully saturated rings. The predicted octanol–water partition coefficient (Wildman–Crippen LogP) is 3.77. The van der Waals surface area contributed by atoms with Gasteiger partial charge < -0.3 is 5.32 Å². The van der Waals surface area contributed by atoms with Crippen molar-refractivity contribution >= 4 is 0 Å². The average Bonchev–Trinajstić information content (AvgIpc) is 2.47. The molecule has 0 saturated carbocycles. The van der Waals surface area contributed by atoms with Crippen molar-refractivity contribution in [2.24, 2.45) is 0 Å². The van der Waals surface area contributed by atoms with Crippen LogP contribution < -0.4 is 5.32 Å². The van der Waals surface area contributed by atoms with Crippen LogP contribution in [0, 0.1) is 0 Å². The predicted molar refractivity (Wildman–Crippen MR) is 86.9 cm³/mol. The summed E-state index contributed by atoms with van der Waals surface area (Å²) in [6, 6.07) is 12.0. The highest BCUT2D eigenvalue weighted by Gasteiger charge is 2.27. The van der Waals surface area contributed by atoms with Crippen LogP contribution in [0.5, 0.6) is 0 Å². The largest absolute Gasteiger partial charge is 0.307 e. The van der Waals surface area contributed by atoms with Gasteiger partial charge in [0.25, 0.3) is 0 Å². The highest BCUT2D eigenvalue weighted by atomic mass is 15.2. The van der Waals surface area contributed by atoms with E-state index < -0.39 is 0 Å². The molecule has 110 valence electrons. The average molecular weight is 272 g/mol. The molecule has 1 aromatic carbocycles. The van der Waals surface area contributed by atoms with Crippen molar-refractivity contribution in [3.63, 3.8) is 0 Å². The molecular weight excluding hydrogens is 244 g/mol. The van der Waals surface area contributed by atoms with E-state index in [-0.39, 0.29) is 0 Å². The van der Waals surface area contributed by atoms with Gasteiger partial charge in [0, 0.05) is 31.7 Å². The van der Waals surface area contributed by atoms with E-state index in [2.05, 4.69) is 67.4 Å². The molecule has 0 radical (unpaired) electrons. The minimum Gasteiger partial charge on any atom is -0.307 e. The topological polar surface area (TPSA) is 15.3 Å². The number of hydrogen-bond donors (Lipinski definition) is 1. The Labute approximate surface area is 123 Å². The Kier molecular flexibility index (Phi) is 5.81. The Morgan fingerprint density at radius 3 is 2.70 bits per heavy atom. The van der Waals surface area contributed by atoms with Crippen molar-refractivity contribution < 1.29 is 0 Å². The third-order valence-electron chi connectivity index (χ3n) is 4.09. The summed E-state index contributed by atoms with van der Waals surface area (Å²) in [6.07, 6.45) is 4.90. The van der Waals surface area contributed by atoms with Gasteiger partial charge >= 0.3 is 0 Å². The standard InChI is InChI=1S/C18H28N2/c1-4-8-17-13-19-18(16-9-6-5-7-10-16)14-20(17)12-11-15(2)3/h5-7,9-11,17-19H,4,8,12-14H2,1-3H3. The van der Waals surface area contributed by atoms with Crippen LogP contribution in [0.1, 0.15) is 45.2 Å². The normalized spacial score (nSPS) is 23.6. The molecule has 1 heterocycles. The second-order valence-electron chi connectivity index (χ2n) is 6.05. The molecule has 0 spiro atoms. The molecular formula is C18H28N2. The summed E-state index contributed by atoms with van der Waals surface area (Å²) in [7, 11) is 0. The Morgan fingerprint density at radius 2 is 2.05 bits per heavy atom. The second kappa shape index (κ2) is 7.61. The molecule has 1 aromatic rings. The molecule has 2 nitrogen and oxygen atoms in total. The fourth-order valence-corrected chi connectivity index (χ4v) is 2.91. The van der Waals surface area contributed by atoms with Gasteiger partial charge in [-0.05, 0) is 25.8 Å². The van der Waals surface area contributed by atoms with E-state index in [1.54, 1.807) is 0 Å². The van der Waals surface area contributed by atoms with Crippen LogP contribution in [0.3, 0.4) is 0 Å². The third kappa shape index (κ3) is 4.19.